The largest absolute Gasteiger partial charge is 0.497 e. The van der Waals surface area contributed by atoms with Crippen LogP contribution >= 0.6 is 0 Å². The molecular formula is C31H39N5O4S. The Labute approximate surface area is 242 Å². The van der Waals surface area contributed by atoms with E-state index in [0.29, 0.717) is 17.7 Å². The van der Waals surface area contributed by atoms with Crippen molar-refractivity contribution in [2.24, 2.45) is 11.7 Å². The van der Waals surface area contributed by atoms with E-state index in [1.54, 1.807) is 31.4 Å². The quantitative estimate of drug-likeness (QED) is 0.216. The molecule has 1 heterocycles. The number of rotatable bonds is 12. The molecule has 1 saturated heterocycles. The molecule has 0 aliphatic carbocycles. The summed E-state index contributed by atoms with van der Waals surface area (Å²) in [5, 5.41) is 10.6. The van der Waals surface area contributed by atoms with Gasteiger partial charge in [-0.05, 0) is 92.9 Å². The maximum Gasteiger partial charge on any atom is 0.239 e. The molecule has 0 radical (unpaired) electrons. The Balaban J connectivity index is 1.38. The highest BCUT2D eigenvalue weighted by atomic mass is 32.2. The summed E-state index contributed by atoms with van der Waals surface area (Å²) in [6.45, 7) is 3.91. The van der Waals surface area contributed by atoms with E-state index in [4.69, 9.17) is 15.9 Å². The molecule has 1 aliphatic heterocycles. The fraction of sp³-hybridized carbons (Fsp3) is 0.355. The molecule has 218 valence electrons. The number of likely N-dealkylation sites (tertiary alicyclic amines) is 1. The third-order valence-corrected chi connectivity index (χ3v) is 9.27. The van der Waals surface area contributed by atoms with Crippen molar-refractivity contribution < 1.29 is 17.9 Å². The average molecular weight is 578 g/mol. The van der Waals surface area contributed by atoms with Crippen LogP contribution in [0.4, 0.5) is 11.4 Å². The van der Waals surface area contributed by atoms with E-state index in [9.17, 15) is 13.2 Å². The Morgan fingerprint density at radius 1 is 1.05 bits per heavy atom. The standard InChI is InChI=1S/C31H39N5O4S/c1-23(35-18-16-24(17-19-35)20-30(37)34-27-10-14-29(40-2)15-11-27)21-36(28-12-8-26(9-13-28)31(32)33)41(38,39)22-25-6-4-3-5-7-25/h3-15,23-24H,16-22H2,1-2H3,(H3,32,33)(H,34,37)/t23-/m1/s1. The lowest BCUT2D eigenvalue weighted by molar-refractivity contribution is -0.117. The van der Waals surface area contributed by atoms with Crippen molar-refractivity contribution in [1.29, 1.82) is 5.41 Å². The minimum atomic E-state index is -3.70. The summed E-state index contributed by atoms with van der Waals surface area (Å²) in [7, 11) is -2.09. The molecule has 4 N–H and O–H groups in total. The molecule has 1 atom stereocenters. The van der Waals surface area contributed by atoms with Gasteiger partial charge in [0.15, 0.2) is 0 Å². The minimum Gasteiger partial charge on any atom is -0.497 e. The van der Waals surface area contributed by atoms with E-state index >= 15 is 0 Å². The molecule has 41 heavy (non-hydrogen) atoms. The minimum absolute atomic E-state index is 0.00569. The van der Waals surface area contributed by atoms with Gasteiger partial charge in [0.05, 0.1) is 18.6 Å². The number of carbonyl (C=O) groups is 1. The normalized spacial score (nSPS) is 15.2. The van der Waals surface area contributed by atoms with Crippen LogP contribution in [-0.4, -0.2) is 57.8 Å². The number of amides is 1. The SMILES string of the molecule is COc1ccc(NC(=O)CC2CCN([C@H](C)CN(c3ccc(C(=N)N)cc3)S(=O)(=O)Cc3ccccc3)CC2)cc1. The first-order chi connectivity index (χ1) is 19.6. The van der Waals surface area contributed by atoms with Gasteiger partial charge in [0, 0.05) is 30.3 Å². The Kier molecular flexibility index (Phi) is 10.0. The van der Waals surface area contributed by atoms with Crippen LogP contribution in [0.1, 0.15) is 37.3 Å². The zero-order valence-corrected chi connectivity index (χ0v) is 24.4. The number of hydrogen-bond acceptors (Lipinski definition) is 6. The van der Waals surface area contributed by atoms with Crippen LogP contribution in [0.25, 0.3) is 0 Å². The number of anilines is 2. The van der Waals surface area contributed by atoms with Gasteiger partial charge in [-0.25, -0.2) is 8.42 Å². The number of amidine groups is 1. The lowest BCUT2D eigenvalue weighted by Gasteiger charge is -2.38. The second-order valence-corrected chi connectivity index (χ2v) is 12.4. The highest BCUT2D eigenvalue weighted by Crippen LogP contribution is 2.26. The van der Waals surface area contributed by atoms with Crippen LogP contribution in [-0.2, 0) is 20.6 Å². The third-order valence-electron chi connectivity index (χ3n) is 7.54. The van der Waals surface area contributed by atoms with Gasteiger partial charge < -0.3 is 15.8 Å². The van der Waals surface area contributed by atoms with E-state index in [1.165, 1.54) is 4.31 Å². The second kappa shape index (κ2) is 13.6. The van der Waals surface area contributed by atoms with Gasteiger partial charge in [0.1, 0.15) is 11.6 Å². The maximum absolute atomic E-state index is 13.7. The Morgan fingerprint density at radius 3 is 2.27 bits per heavy atom. The lowest BCUT2D eigenvalue weighted by Crippen LogP contribution is -2.48. The first-order valence-electron chi connectivity index (χ1n) is 13.8. The molecule has 3 aromatic carbocycles. The van der Waals surface area contributed by atoms with Gasteiger partial charge in [-0.15, -0.1) is 0 Å². The maximum atomic E-state index is 13.7. The lowest BCUT2D eigenvalue weighted by atomic mass is 9.92. The van der Waals surface area contributed by atoms with Crippen molar-refractivity contribution >= 4 is 33.1 Å². The summed E-state index contributed by atoms with van der Waals surface area (Å²) in [6, 6.07) is 23.2. The molecule has 0 unspecified atom stereocenters. The van der Waals surface area contributed by atoms with Crippen molar-refractivity contribution in [2.45, 2.75) is 38.0 Å². The summed E-state index contributed by atoms with van der Waals surface area (Å²) in [5.41, 5.74) is 8.16. The van der Waals surface area contributed by atoms with Crippen LogP contribution in [0.2, 0.25) is 0 Å². The number of nitrogens with two attached hydrogens (primary N) is 1. The number of piperidine rings is 1. The molecule has 0 saturated carbocycles. The Bertz CT molecular complexity index is 1410. The molecule has 1 aliphatic rings. The summed E-state index contributed by atoms with van der Waals surface area (Å²) < 4.78 is 34.0. The number of nitrogens with one attached hydrogen (secondary N) is 2. The first-order valence-corrected chi connectivity index (χ1v) is 15.4. The number of methoxy groups -OCH3 is 1. The number of nitrogen functional groups attached to an aromatic ring is 1. The molecule has 9 nitrogen and oxygen atoms in total. The van der Waals surface area contributed by atoms with E-state index in [0.717, 1.165) is 42.9 Å². The fourth-order valence-electron chi connectivity index (χ4n) is 5.15. The van der Waals surface area contributed by atoms with E-state index in [-0.39, 0.29) is 36.0 Å². The van der Waals surface area contributed by atoms with Gasteiger partial charge in [-0.3, -0.25) is 19.4 Å². The summed E-state index contributed by atoms with van der Waals surface area (Å²) in [5.74, 6) is 0.830. The Morgan fingerprint density at radius 2 is 1.68 bits per heavy atom. The molecule has 4 rings (SSSR count). The van der Waals surface area contributed by atoms with E-state index in [2.05, 4.69) is 10.2 Å². The van der Waals surface area contributed by atoms with E-state index in [1.807, 2.05) is 61.5 Å². The van der Waals surface area contributed by atoms with Crippen LogP contribution < -0.4 is 20.1 Å². The van der Waals surface area contributed by atoms with Gasteiger partial charge in [0.25, 0.3) is 0 Å². The van der Waals surface area contributed by atoms with Gasteiger partial charge >= 0.3 is 0 Å². The zero-order chi connectivity index (χ0) is 29.4. The number of nitrogens with zero attached hydrogens (tertiary/aromatic N) is 2. The van der Waals surface area contributed by atoms with Crippen LogP contribution in [0.5, 0.6) is 5.75 Å². The van der Waals surface area contributed by atoms with Crippen molar-refractivity contribution in [2.75, 3.05) is 36.4 Å². The zero-order valence-electron chi connectivity index (χ0n) is 23.6. The molecule has 3 aromatic rings. The molecule has 0 bridgehead atoms. The van der Waals surface area contributed by atoms with Gasteiger partial charge in [0.2, 0.25) is 15.9 Å². The average Bonchev–Trinajstić information content (AvgIpc) is 2.97. The molecule has 10 heteroatoms. The highest BCUT2D eigenvalue weighted by molar-refractivity contribution is 7.92. The van der Waals surface area contributed by atoms with Crippen molar-refractivity contribution in [3.05, 3.63) is 90.0 Å². The van der Waals surface area contributed by atoms with E-state index < -0.39 is 10.0 Å². The number of hydrogen-bond donors (Lipinski definition) is 3. The van der Waals surface area contributed by atoms with Crippen molar-refractivity contribution in [1.82, 2.24) is 4.90 Å². The molecule has 1 fully saturated rings. The van der Waals surface area contributed by atoms with Crippen molar-refractivity contribution in [3.8, 4) is 5.75 Å². The van der Waals surface area contributed by atoms with Crippen LogP contribution in [0.3, 0.4) is 0 Å². The van der Waals surface area contributed by atoms with Crippen LogP contribution in [0, 0.1) is 11.3 Å². The predicted octanol–water partition coefficient (Wildman–Crippen LogP) is 4.44. The molecular weight excluding hydrogens is 538 g/mol. The number of benzene rings is 3. The first kappa shape index (κ1) is 30.1. The summed E-state index contributed by atoms with van der Waals surface area (Å²) in [6.07, 6.45) is 2.18. The van der Waals surface area contributed by atoms with Gasteiger partial charge in [-0.1, -0.05) is 30.3 Å². The topological polar surface area (TPSA) is 129 Å². The summed E-state index contributed by atoms with van der Waals surface area (Å²) >= 11 is 0. The highest BCUT2D eigenvalue weighted by Gasteiger charge is 2.30. The van der Waals surface area contributed by atoms with Crippen LogP contribution in [0.15, 0.2) is 78.9 Å². The third kappa shape index (κ3) is 8.31. The number of ether oxygens (including phenoxy) is 1. The molecule has 0 spiro atoms. The number of sulfonamides is 1. The van der Waals surface area contributed by atoms with Crippen molar-refractivity contribution in [3.63, 3.8) is 0 Å². The molecule has 0 aromatic heterocycles. The smallest absolute Gasteiger partial charge is 0.239 e. The second-order valence-electron chi connectivity index (χ2n) is 10.5. The monoisotopic (exact) mass is 577 g/mol. The fourth-order valence-corrected chi connectivity index (χ4v) is 6.81. The predicted molar refractivity (Wildman–Crippen MR) is 164 cm³/mol. The summed E-state index contributed by atoms with van der Waals surface area (Å²) in [4.78, 5) is 14.9. The molecule has 1 amide bonds. The Hall–Kier alpha value is -3.89. The van der Waals surface area contributed by atoms with Gasteiger partial charge in [-0.2, -0.15) is 0 Å². The number of carbonyl (C=O) groups excluding carboxylic acids is 1.